The topological polar surface area (TPSA) is 106 Å². The molecule has 0 saturated carbocycles. The Bertz CT molecular complexity index is 1270. The number of rotatable bonds is 6. The van der Waals surface area contributed by atoms with Crippen LogP contribution in [0.25, 0.3) is 11.1 Å². The van der Waals surface area contributed by atoms with Gasteiger partial charge in [-0.05, 0) is 35.1 Å². The highest BCUT2D eigenvalue weighted by Crippen LogP contribution is 2.44. The molecule has 1 atom stereocenters. The van der Waals surface area contributed by atoms with Gasteiger partial charge in [0.25, 0.3) is 5.91 Å². The van der Waals surface area contributed by atoms with Crippen LogP contribution in [0.5, 0.6) is 0 Å². The Morgan fingerprint density at radius 2 is 1.59 bits per heavy atom. The number of amides is 2. The van der Waals surface area contributed by atoms with Gasteiger partial charge in [-0.15, -0.1) is 0 Å². The van der Waals surface area contributed by atoms with E-state index in [1.54, 1.807) is 4.90 Å². The highest BCUT2D eigenvalue weighted by molar-refractivity contribution is 5.92. The summed E-state index contributed by atoms with van der Waals surface area (Å²) in [6, 6.07) is 16.6. The minimum Gasteiger partial charge on any atom is -0.448 e. The summed E-state index contributed by atoms with van der Waals surface area (Å²) in [6.07, 6.45) is 4.97. The van der Waals surface area contributed by atoms with Crippen LogP contribution in [0.1, 0.15) is 46.7 Å². The minimum absolute atomic E-state index is 0.0346. The molecule has 2 amide bonds. The first kappa shape index (κ1) is 25.3. The highest BCUT2D eigenvalue weighted by atomic mass is 16.8. The molecule has 202 valence electrons. The molecule has 10 nitrogen and oxygen atoms in total. The average Bonchev–Trinajstić information content (AvgIpc) is 3.33. The fourth-order valence-corrected chi connectivity index (χ4v) is 5.36. The molecule has 0 spiro atoms. The van der Waals surface area contributed by atoms with Gasteiger partial charge in [0, 0.05) is 57.5 Å². The second kappa shape index (κ2) is 11.4. The lowest BCUT2D eigenvalue weighted by Gasteiger charge is -2.34. The van der Waals surface area contributed by atoms with E-state index in [0.29, 0.717) is 50.9 Å². The van der Waals surface area contributed by atoms with Crippen LogP contribution < -0.4 is 10.4 Å². The molecule has 2 saturated heterocycles. The van der Waals surface area contributed by atoms with Gasteiger partial charge in [-0.25, -0.2) is 25.1 Å². The summed E-state index contributed by atoms with van der Waals surface area (Å²) in [7, 11) is 0. The third-order valence-corrected chi connectivity index (χ3v) is 7.48. The van der Waals surface area contributed by atoms with E-state index < -0.39 is 12.2 Å². The van der Waals surface area contributed by atoms with E-state index >= 15 is 0 Å². The van der Waals surface area contributed by atoms with Gasteiger partial charge < -0.3 is 19.3 Å². The number of ether oxygens (including phenoxy) is 2. The molecule has 2 aliphatic heterocycles. The molecular weight excluding hydrogens is 498 g/mol. The summed E-state index contributed by atoms with van der Waals surface area (Å²) < 4.78 is 11.2. The summed E-state index contributed by atoms with van der Waals surface area (Å²) in [5.41, 5.74) is 7.51. The van der Waals surface area contributed by atoms with Crippen LogP contribution in [0.15, 0.2) is 60.9 Å². The Labute approximate surface area is 226 Å². The molecule has 6 rings (SSSR count). The van der Waals surface area contributed by atoms with Crippen LogP contribution in [0.4, 0.5) is 10.7 Å². The number of carbonyl (C=O) groups is 2. The van der Waals surface area contributed by atoms with Crippen molar-refractivity contribution in [1.82, 2.24) is 20.3 Å². The summed E-state index contributed by atoms with van der Waals surface area (Å²) >= 11 is 0. The Morgan fingerprint density at radius 1 is 0.923 bits per heavy atom. The third kappa shape index (κ3) is 5.43. The first-order valence-electron chi connectivity index (χ1n) is 13.4. The van der Waals surface area contributed by atoms with Crippen LogP contribution in [-0.4, -0.2) is 72.6 Å². The van der Waals surface area contributed by atoms with Crippen molar-refractivity contribution in [2.75, 3.05) is 44.3 Å². The zero-order valence-electron chi connectivity index (χ0n) is 21.6. The predicted octanol–water partition coefficient (Wildman–Crippen LogP) is 3.74. The number of nitrogens with zero attached hydrogens (tertiary/aromatic N) is 4. The van der Waals surface area contributed by atoms with E-state index in [-0.39, 0.29) is 12.0 Å². The standard InChI is InChI=1S/C29H31N5O5/c35-27(32-39-26-11-5-6-16-37-26)20-17-30-28(31-18-20)33-12-14-34(15-13-33)29(36)38-19-25-23-9-3-1-7-21(23)22-8-2-4-10-24(22)25/h1-4,7-10,17-18,25-26H,5-6,11-16,19H2,(H,32,35). The minimum atomic E-state index is -0.421. The van der Waals surface area contributed by atoms with E-state index in [2.05, 4.69) is 39.7 Å². The van der Waals surface area contributed by atoms with Gasteiger partial charge in [-0.2, -0.15) is 0 Å². The van der Waals surface area contributed by atoms with E-state index in [1.807, 2.05) is 29.2 Å². The number of nitrogens with one attached hydrogen (secondary N) is 1. The fraction of sp³-hybridized carbons (Fsp3) is 0.379. The first-order chi connectivity index (χ1) is 19.2. The second-order valence-corrected chi connectivity index (χ2v) is 9.90. The molecule has 2 fully saturated rings. The van der Waals surface area contributed by atoms with Crippen LogP contribution in [0.2, 0.25) is 0 Å². The molecule has 3 heterocycles. The monoisotopic (exact) mass is 529 g/mol. The van der Waals surface area contributed by atoms with Crippen LogP contribution in [0.3, 0.4) is 0 Å². The number of hydrogen-bond donors (Lipinski definition) is 1. The maximum Gasteiger partial charge on any atom is 0.409 e. The number of hydrogen-bond acceptors (Lipinski definition) is 8. The molecule has 1 aliphatic carbocycles. The van der Waals surface area contributed by atoms with Gasteiger partial charge in [0.2, 0.25) is 5.95 Å². The van der Waals surface area contributed by atoms with Crippen LogP contribution >= 0.6 is 0 Å². The summed E-state index contributed by atoms with van der Waals surface area (Å²) in [6.45, 7) is 3.06. The number of fused-ring (bicyclic) bond motifs is 3. The number of piperazine rings is 1. The van der Waals surface area contributed by atoms with Crippen molar-refractivity contribution in [1.29, 1.82) is 0 Å². The average molecular weight is 530 g/mol. The number of carbonyl (C=O) groups excluding carboxylic acids is 2. The van der Waals surface area contributed by atoms with E-state index in [1.165, 1.54) is 34.6 Å². The highest BCUT2D eigenvalue weighted by Gasteiger charge is 2.30. The molecule has 1 N–H and O–H groups in total. The van der Waals surface area contributed by atoms with E-state index in [9.17, 15) is 9.59 Å². The van der Waals surface area contributed by atoms with Crippen molar-refractivity contribution in [3.8, 4) is 11.1 Å². The molecule has 10 heteroatoms. The Kier molecular flexibility index (Phi) is 7.38. The third-order valence-electron chi connectivity index (χ3n) is 7.48. The van der Waals surface area contributed by atoms with Crippen LogP contribution in [0, 0.1) is 0 Å². The maximum atomic E-state index is 12.9. The number of benzene rings is 2. The zero-order valence-corrected chi connectivity index (χ0v) is 21.6. The summed E-state index contributed by atoms with van der Waals surface area (Å²) in [5.74, 6) is 0.124. The van der Waals surface area contributed by atoms with Gasteiger partial charge in [0.1, 0.15) is 6.61 Å². The van der Waals surface area contributed by atoms with Crippen molar-refractivity contribution in [2.45, 2.75) is 31.5 Å². The van der Waals surface area contributed by atoms with E-state index in [4.69, 9.17) is 14.3 Å². The molecule has 1 unspecified atom stereocenters. The molecule has 2 aromatic carbocycles. The molecule has 0 radical (unpaired) electrons. The Hall–Kier alpha value is -4.02. The van der Waals surface area contributed by atoms with Crippen molar-refractivity contribution < 1.29 is 23.9 Å². The van der Waals surface area contributed by atoms with Gasteiger partial charge in [0.15, 0.2) is 6.29 Å². The largest absolute Gasteiger partial charge is 0.448 e. The fourth-order valence-electron chi connectivity index (χ4n) is 5.36. The zero-order chi connectivity index (χ0) is 26.6. The first-order valence-corrected chi connectivity index (χ1v) is 13.4. The Balaban J connectivity index is 0.988. The number of hydroxylamine groups is 1. The summed E-state index contributed by atoms with van der Waals surface area (Å²) in [5, 5.41) is 0. The molecule has 3 aromatic rings. The maximum absolute atomic E-state index is 12.9. The van der Waals surface area contributed by atoms with Crippen molar-refractivity contribution in [3.63, 3.8) is 0 Å². The predicted molar refractivity (Wildman–Crippen MR) is 143 cm³/mol. The number of aromatic nitrogens is 2. The SMILES string of the molecule is O=C(NOC1CCCCO1)c1cnc(N2CCN(C(=O)OCC3c4ccccc4-c4ccccc43)CC2)nc1. The normalized spacial score (nSPS) is 18.8. The van der Waals surface area contributed by atoms with Crippen LogP contribution in [-0.2, 0) is 14.3 Å². The number of anilines is 1. The molecule has 39 heavy (non-hydrogen) atoms. The van der Waals surface area contributed by atoms with Gasteiger partial charge in [-0.3, -0.25) is 4.79 Å². The second-order valence-electron chi connectivity index (χ2n) is 9.90. The quantitative estimate of drug-likeness (QED) is 0.482. The Morgan fingerprint density at radius 3 is 2.23 bits per heavy atom. The smallest absolute Gasteiger partial charge is 0.409 e. The lowest BCUT2D eigenvalue weighted by atomic mass is 9.98. The van der Waals surface area contributed by atoms with Gasteiger partial charge in [-0.1, -0.05) is 48.5 Å². The molecular formula is C29H31N5O5. The van der Waals surface area contributed by atoms with E-state index in [0.717, 1.165) is 19.3 Å². The van der Waals surface area contributed by atoms with Gasteiger partial charge in [0.05, 0.1) is 5.56 Å². The molecule has 1 aromatic heterocycles. The van der Waals surface area contributed by atoms with Crippen molar-refractivity contribution in [3.05, 3.63) is 77.6 Å². The summed E-state index contributed by atoms with van der Waals surface area (Å²) in [4.78, 5) is 43.0. The van der Waals surface area contributed by atoms with Gasteiger partial charge >= 0.3 is 6.09 Å². The lowest BCUT2D eigenvalue weighted by Crippen LogP contribution is -2.49. The molecule has 3 aliphatic rings. The lowest BCUT2D eigenvalue weighted by molar-refractivity contribution is -0.186. The molecule has 0 bridgehead atoms. The van der Waals surface area contributed by atoms with Crippen molar-refractivity contribution >= 4 is 17.9 Å². The van der Waals surface area contributed by atoms with Crippen molar-refractivity contribution in [2.24, 2.45) is 0 Å².